The van der Waals surface area contributed by atoms with E-state index in [0.717, 1.165) is 19.6 Å². The van der Waals surface area contributed by atoms with E-state index in [0.29, 0.717) is 0 Å². The smallest absolute Gasteiger partial charge is 0.0479 e. The maximum atomic E-state index is 5.74. The number of nitrogens with zero attached hydrogens (tertiary/aromatic N) is 1. The van der Waals surface area contributed by atoms with Crippen LogP contribution >= 0.6 is 0 Å². The van der Waals surface area contributed by atoms with Crippen molar-refractivity contribution in [1.82, 2.24) is 4.57 Å². The van der Waals surface area contributed by atoms with Gasteiger partial charge in [-0.05, 0) is 25.0 Å². The Bertz CT molecular complexity index is 243. The Morgan fingerprint density at radius 2 is 2.38 bits per heavy atom. The van der Waals surface area contributed by atoms with Crippen LogP contribution in [-0.4, -0.2) is 18.3 Å². The average molecular weight is 182 g/mol. The lowest BCUT2D eigenvalue weighted by Gasteiger charge is -2.02. The topological polar surface area (TPSA) is 40.2 Å². The van der Waals surface area contributed by atoms with E-state index >= 15 is 0 Å². The van der Waals surface area contributed by atoms with Gasteiger partial charge in [0.1, 0.15) is 0 Å². The molecule has 2 N–H and O–H groups in total. The first kappa shape index (κ1) is 10.3. The molecule has 1 heterocycles. The van der Waals surface area contributed by atoms with Crippen molar-refractivity contribution in [2.24, 2.45) is 5.73 Å². The third-order valence-electron chi connectivity index (χ3n) is 2.06. The normalized spacial score (nSPS) is 13.2. The molecule has 0 aromatic carbocycles. The van der Waals surface area contributed by atoms with Crippen molar-refractivity contribution in [2.45, 2.75) is 25.9 Å². The second kappa shape index (κ2) is 5.04. The van der Waals surface area contributed by atoms with Crippen LogP contribution in [-0.2, 0) is 11.3 Å². The molecule has 0 aliphatic heterocycles. The number of methoxy groups -OCH3 is 1. The maximum absolute atomic E-state index is 5.74. The molecule has 0 saturated heterocycles. The van der Waals surface area contributed by atoms with Crippen LogP contribution in [0.25, 0.3) is 0 Å². The Morgan fingerprint density at radius 1 is 1.62 bits per heavy atom. The second-order valence-corrected chi connectivity index (χ2v) is 3.32. The van der Waals surface area contributed by atoms with Gasteiger partial charge in [0, 0.05) is 38.7 Å². The van der Waals surface area contributed by atoms with Crippen molar-refractivity contribution in [3.63, 3.8) is 0 Å². The predicted molar refractivity (Wildman–Crippen MR) is 53.5 cm³/mol. The van der Waals surface area contributed by atoms with Crippen molar-refractivity contribution in [2.75, 3.05) is 13.7 Å². The summed E-state index contributed by atoms with van der Waals surface area (Å²) in [6.45, 7) is 3.81. The Morgan fingerprint density at radius 3 is 2.92 bits per heavy atom. The number of ether oxygens (including phenoxy) is 1. The van der Waals surface area contributed by atoms with E-state index in [9.17, 15) is 0 Å². The number of hydrogen-bond donors (Lipinski definition) is 1. The second-order valence-electron chi connectivity index (χ2n) is 3.32. The summed E-state index contributed by atoms with van der Waals surface area (Å²) in [5.74, 6) is 0. The lowest BCUT2D eigenvalue weighted by atomic mass is 10.2. The van der Waals surface area contributed by atoms with Crippen molar-refractivity contribution in [3.05, 3.63) is 24.0 Å². The molecule has 13 heavy (non-hydrogen) atoms. The number of hydrogen-bond acceptors (Lipinski definition) is 2. The third kappa shape index (κ3) is 3.20. The van der Waals surface area contributed by atoms with Gasteiger partial charge in [0.15, 0.2) is 0 Å². The molecule has 0 amide bonds. The minimum Gasteiger partial charge on any atom is -0.385 e. The number of aryl methyl sites for hydroxylation is 1. The lowest BCUT2D eigenvalue weighted by Crippen LogP contribution is -2.04. The SMILES string of the molecule is COCCCn1ccc(C(C)N)c1. The average Bonchev–Trinajstić information content (AvgIpc) is 2.53. The van der Waals surface area contributed by atoms with Crippen molar-refractivity contribution in [1.29, 1.82) is 0 Å². The van der Waals surface area contributed by atoms with E-state index in [1.807, 2.05) is 6.92 Å². The first-order valence-electron chi connectivity index (χ1n) is 4.64. The molecule has 1 atom stereocenters. The minimum atomic E-state index is 0.128. The van der Waals surface area contributed by atoms with E-state index in [2.05, 4.69) is 23.0 Å². The molecule has 0 bridgehead atoms. The third-order valence-corrected chi connectivity index (χ3v) is 2.06. The number of rotatable bonds is 5. The van der Waals surface area contributed by atoms with E-state index in [1.165, 1.54) is 5.56 Å². The minimum absolute atomic E-state index is 0.128. The van der Waals surface area contributed by atoms with Gasteiger partial charge in [-0.15, -0.1) is 0 Å². The molecule has 1 unspecified atom stereocenters. The molecule has 1 aromatic rings. The van der Waals surface area contributed by atoms with Crippen LogP contribution in [0.4, 0.5) is 0 Å². The van der Waals surface area contributed by atoms with E-state index in [4.69, 9.17) is 10.5 Å². The summed E-state index contributed by atoms with van der Waals surface area (Å²) in [7, 11) is 1.73. The lowest BCUT2D eigenvalue weighted by molar-refractivity contribution is 0.190. The van der Waals surface area contributed by atoms with Gasteiger partial charge in [-0.25, -0.2) is 0 Å². The monoisotopic (exact) mass is 182 g/mol. The highest BCUT2D eigenvalue weighted by molar-refractivity contribution is 5.13. The van der Waals surface area contributed by atoms with Crippen LogP contribution in [0.15, 0.2) is 18.5 Å². The molecule has 1 rings (SSSR count). The van der Waals surface area contributed by atoms with E-state index in [-0.39, 0.29) is 6.04 Å². The van der Waals surface area contributed by atoms with Crippen LogP contribution in [0.2, 0.25) is 0 Å². The first-order chi connectivity index (χ1) is 6.24. The molecule has 0 aliphatic rings. The molecule has 3 nitrogen and oxygen atoms in total. The standard InChI is InChI=1S/C10H18N2O/c1-9(11)10-4-6-12(8-10)5-3-7-13-2/h4,6,8-9H,3,5,7,11H2,1-2H3. The fourth-order valence-corrected chi connectivity index (χ4v) is 1.26. The Hall–Kier alpha value is -0.800. The molecule has 0 aliphatic carbocycles. The molecule has 74 valence electrons. The highest BCUT2D eigenvalue weighted by Gasteiger charge is 2.00. The number of nitrogens with two attached hydrogens (primary N) is 1. The summed E-state index contributed by atoms with van der Waals surface area (Å²) in [6.07, 6.45) is 5.21. The van der Waals surface area contributed by atoms with Crippen LogP contribution < -0.4 is 5.73 Å². The molecular formula is C10H18N2O. The zero-order valence-electron chi connectivity index (χ0n) is 8.36. The molecule has 0 fully saturated rings. The summed E-state index contributed by atoms with van der Waals surface area (Å²) < 4.78 is 7.13. The van der Waals surface area contributed by atoms with Gasteiger partial charge in [-0.1, -0.05) is 0 Å². The van der Waals surface area contributed by atoms with Crippen molar-refractivity contribution in [3.8, 4) is 0 Å². The van der Waals surface area contributed by atoms with Gasteiger partial charge in [0.2, 0.25) is 0 Å². The summed E-state index contributed by atoms with van der Waals surface area (Å²) in [5.41, 5.74) is 6.94. The Labute approximate surface area is 79.5 Å². The van der Waals surface area contributed by atoms with Crippen LogP contribution in [0, 0.1) is 0 Å². The summed E-state index contributed by atoms with van der Waals surface area (Å²) in [5, 5.41) is 0. The van der Waals surface area contributed by atoms with Crippen molar-refractivity contribution < 1.29 is 4.74 Å². The largest absolute Gasteiger partial charge is 0.385 e. The predicted octanol–water partition coefficient (Wildman–Crippen LogP) is 1.54. The highest BCUT2D eigenvalue weighted by Crippen LogP contribution is 2.09. The van der Waals surface area contributed by atoms with Gasteiger partial charge in [-0.3, -0.25) is 0 Å². The molecule has 0 radical (unpaired) electrons. The van der Waals surface area contributed by atoms with Crippen LogP contribution in [0.5, 0.6) is 0 Å². The molecule has 1 aromatic heterocycles. The van der Waals surface area contributed by atoms with Gasteiger partial charge in [-0.2, -0.15) is 0 Å². The zero-order chi connectivity index (χ0) is 9.68. The van der Waals surface area contributed by atoms with E-state index in [1.54, 1.807) is 7.11 Å². The van der Waals surface area contributed by atoms with Gasteiger partial charge in [0.05, 0.1) is 0 Å². The molecule has 0 spiro atoms. The fourth-order valence-electron chi connectivity index (χ4n) is 1.26. The first-order valence-corrected chi connectivity index (χ1v) is 4.64. The van der Waals surface area contributed by atoms with Gasteiger partial charge in [0.25, 0.3) is 0 Å². The molecule has 0 saturated carbocycles. The van der Waals surface area contributed by atoms with Crippen molar-refractivity contribution >= 4 is 0 Å². The van der Waals surface area contributed by atoms with Gasteiger partial charge < -0.3 is 15.0 Å². The Balaban J connectivity index is 2.40. The van der Waals surface area contributed by atoms with Crippen LogP contribution in [0.1, 0.15) is 24.9 Å². The Kier molecular flexibility index (Phi) is 3.99. The molecule has 3 heteroatoms. The summed E-state index contributed by atoms with van der Waals surface area (Å²) in [4.78, 5) is 0. The number of aromatic nitrogens is 1. The van der Waals surface area contributed by atoms with Crippen LogP contribution in [0.3, 0.4) is 0 Å². The quantitative estimate of drug-likeness (QED) is 0.702. The van der Waals surface area contributed by atoms with E-state index < -0.39 is 0 Å². The molecular weight excluding hydrogens is 164 g/mol. The van der Waals surface area contributed by atoms with Gasteiger partial charge >= 0.3 is 0 Å². The zero-order valence-corrected chi connectivity index (χ0v) is 8.36. The maximum Gasteiger partial charge on any atom is 0.0479 e. The highest BCUT2D eigenvalue weighted by atomic mass is 16.5. The summed E-state index contributed by atoms with van der Waals surface area (Å²) >= 11 is 0. The summed E-state index contributed by atoms with van der Waals surface area (Å²) in [6, 6.07) is 2.20. The fraction of sp³-hybridized carbons (Fsp3) is 0.600.